The molecule has 1 heteroatoms. The van der Waals surface area contributed by atoms with Gasteiger partial charge in [0.25, 0.3) is 0 Å². The van der Waals surface area contributed by atoms with Gasteiger partial charge in [0, 0.05) is 11.9 Å². The molecule has 19 heavy (non-hydrogen) atoms. The molecule has 1 heterocycles. The Morgan fingerprint density at radius 1 is 0.842 bits per heavy atom. The van der Waals surface area contributed by atoms with Gasteiger partial charge < -0.3 is 0 Å². The Bertz CT molecular complexity index is 319. The second-order valence-corrected chi connectivity index (χ2v) is 5.70. The van der Waals surface area contributed by atoms with Gasteiger partial charge in [-0.25, -0.2) is 0 Å². The third kappa shape index (κ3) is 8.02. The Hall–Kier alpha value is -0.850. The molecule has 0 aromatic carbocycles. The first kappa shape index (κ1) is 16.2. The van der Waals surface area contributed by atoms with Crippen molar-refractivity contribution in [1.29, 1.82) is 0 Å². The number of unbranched alkanes of at least 4 members (excludes halogenated alkanes) is 9. The topological polar surface area (TPSA) is 12.9 Å². The number of aryl methyl sites for hydroxylation is 2. The molecule has 0 bridgehead atoms. The lowest BCUT2D eigenvalue weighted by Crippen LogP contribution is -1.93. The van der Waals surface area contributed by atoms with E-state index in [9.17, 15) is 0 Å². The summed E-state index contributed by atoms with van der Waals surface area (Å²) in [5.41, 5.74) is 2.64. The fourth-order valence-corrected chi connectivity index (χ4v) is 2.56. The lowest BCUT2D eigenvalue weighted by molar-refractivity contribution is 0.555. The average molecular weight is 261 g/mol. The molecule has 0 fully saturated rings. The third-order valence-corrected chi connectivity index (χ3v) is 3.88. The average Bonchev–Trinajstić information content (AvgIpc) is 2.43. The molecule has 0 radical (unpaired) electrons. The second kappa shape index (κ2) is 11.0. The van der Waals surface area contributed by atoms with Gasteiger partial charge in [0.15, 0.2) is 0 Å². The van der Waals surface area contributed by atoms with Gasteiger partial charge in [-0.15, -0.1) is 0 Å². The molecule has 108 valence electrons. The highest BCUT2D eigenvalue weighted by molar-refractivity contribution is 5.17. The number of aromatic nitrogens is 1. The van der Waals surface area contributed by atoms with E-state index in [1.54, 1.807) is 0 Å². The van der Waals surface area contributed by atoms with Crippen LogP contribution < -0.4 is 0 Å². The van der Waals surface area contributed by atoms with Crippen molar-refractivity contribution in [3.63, 3.8) is 0 Å². The first-order valence-corrected chi connectivity index (χ1v) is 8.25. The number of hydrogen-bond acceptors (Lipinski definition) is 1. The van der Waals surface area contributed by atoms with Crippen LogP contribution in [0.2, 0.25) is 0 Å². The van der Waals surface area contributed by atoms with E-state index >= 15 is 0 Å². The number of nitrogens with zero attached hydrogens (tertiary/aromatic N) is 1. The van der Waals surface area contributed by atoms with Crippen molar-refractivity contribution >= 4 is 0 Å². The monoisotopic (exact) mass is 261 g/mol. The first-order chi connectivity index (χ1) is 9.34. The van der Waals surface area contributed by atoms with E-state index in [0.717, 1.165) is 6.42 Å². The SMILES string of the molecule is CCCCCCCCCCCCc1ncccc1C. The van der Waals surface area contributed by atoms with Crippen LogP contribution in [0.5, 0.6) is 0 Å². The van der Waals surface area contributed by atoms with E-state index in [1.807, 2.05) is 12.3 Å². The van der Waals surface area contributed by atoms with Crippen LogP contribution in [0.15, 0.2) is 18.3 Å². The normalized spacial score (nSPS) is 10.8. The number of pyridine rings is 1. The second-order valence-electron chi connectivity index (χ2n) is 5.70. The summed E-state index contributed by atoms with van der Waals surface area (Å²) in [6, 6.07) is 4.19. The van der Waals surface area contributed by atoms with Crippen molar-refractivity contribution < 1.29 is 0 Å². The minimum Gasteiger partial charge on any atom is -0.261 e. The van der Waals surface area contributed by atoms with Crippen molar-refractivity contribution in [3.05, 3.63) is 29.6 Å². The maximum absolute atomic E-state index is 4.45. The predicted octanol–water partition coefficient (Wildman–Crippen LogP) is 5.85. The molecule has 0 N–H and O–H groups in total. The summed E-state index contributed by atoms with van der Waals surface area (Å²) in [5.74, 6) is 0. The molecule has 1 rings (SSSR count). The van der Waals surface area contributed by atoms with E-state index in [4.69, 9.17) is 0 Å². The van der Waals surface area contributed by atoms with E-state index in [2.05, 4.69) is 24.9 Å². The maximum atomic E-state index is 4.45. The smallest absolute Gasteiger partial charge is 0.0432 e. The van der Waals surface area contributed by atoms with Crippen LogP contribution in [0, 0.1) is 6.92 Å². The van der Waals surface area contributed by atoms with Gasteiger partial charge in [0.1, 0.15) is 0 Å². The molecule has 0 amide bonds. The number of hydrogen-bond donors (Lipinski definition) is 0. The van der Waals surface area contributed by atoms with Crippen LogP contribution in [0.25, 0.3) is 0 Å². The molecule has 0 aliphatic rings. The van der Waals surface area contributed by atoms with Gasteiger partial charge in [-0.2, -0.15) is 0 Å². The molecule has 0 saturated carbocycles. The Kier molecular flexibility index (Phi) is 9.40. The summed E-state index contributed by atoms with van der Waals surface area (Å²) in [5, 5.41) is 0. The van der Waals surface area contributed by atoms with Crippen molar-refractivity contribution in [2.24, 2.45) is 0 Å². The maximum Gasteiger partial charge on any atom is 0.0432 e. The Morgan fingerprint density at radius 2 is 1.42 bits per heavy atom. The summed E-state index contributed by atoms with van der Waals surface area (Å²) in [7, 11) is 0. The van der Waals surface area contributed by atoms with E-state index in [1.165, 1.54) is 75.5 Å². The molecule has 1 nitrogen and oxygen atoms in total. The first-order valence-electron chi connectivity index (χ1n) is 8.25. The highest BCUT2D eigenvalue weighted by atomic mass is 14.7. The Morgan fingerprint density at radius 3 is 2.00 bits per heavy atom. The van der Waals surface area contributed by atoms with Gasteiger partial charge in [0.2, 0.25) is 0 Å². The summed E-state index contributed by atoms with van der Waals surface area (Å²) in [6.07, 6.45) is 17.1. The minimum atomic E-state index is 1.16. The Labute approximate surface area is 119 Å². The van der Waals surface area contributed by atoms with E-state index < -0.39 is 0 Å². The lowest BCUT2D eigenvalue weighted by atomic mass is 10.0. The highest BCUT2D eigenvalue weighted by Gasteiger charge is 1.98. The molecular weight excluding hydrogens is 230 g/mol. The molecule has 1 aromatic heterocycles. The zero-order valence-electron chi connectivity index (χ0n) is 13.0. The minimum absolute atomic E-state index is 1.16. The highest BCUT2D eigenvalue weighted by Crippen LogP contribution is 2.12. The van der Waals surface area contributed by atoms with Crippen LogP contribution in [-0.4, -0.2) is 4.98 Å². The fourth-order valence-electron chi connectivity index (χ4n) is 2.56. The van der Waals surface area contributed by atoms with E-state index in [0.29, 0.717) is 0 Å². The zero-order chi connectivity index (χ0) is 13.8. The summed E-state index contributed by atoms with van der Waals surface area (Å²) in [6.45, 7) is 4.45. The van der Waals surface area contributed by atoms with Crippen molar-refractivity contribution in [2.45, 2.75) is 84.5 Å². The Balaban J connectivity index is 1.90. The molecule has 0 spiro atoms. The fraction of sp³-hybridized carbons (Fsp3) is 0.722. The zero-order valence-corrected chi connectivity index (χ0v) is 13.0. The van der Waals surface area contributed by atoms with Crippen LogP contribution >= 0.6 is 0 Å². The van der Waals surface area contributed by atoms with E-state index in [-0.39, 0.29) is 0 Å². The van der Waals surface area contributed by atoms with Gasteiger partial charge in [-0.05, 0) is 31.4 Å². The molecule has 0 unspecified atom stereocenters. The van der Waals surface area contributed by atoms with Crippen LogP contribution in [0.4, 0.5) is 0 Å². The van der Waals surface area contributed by atoms with Crippen LogP contribution in [-0.2, 0) is 6.42 Å². The van der Waals surface area contributed by atoms with Crippen molar-refractivity contribution in [2.75, 3.05) is 0 Å². The van der Waals surface area contributed by atoms with Gasteiger partial charge >= 0.3 is 0 Å². The summed E-state index contributed by atoms with van der Waals surface area (Å²) in [4.78, 5) is 4.45. The molecule has 0 atom stereocenters. The largest absolute Gasteiger partial charge is 0.261 e. The van der Waals surface area contributed by atoms with Gasteiger partial charge in [-0.1, -0.05) is 70.8 Å². The molecule has 1 aromatic rings. The molecule has 0 saturated heterocycles. The summed E-state index contributed by atoms with van der Waals surface area (Å²) < 4.78 is 0. The van der Waals surface area contributed by atoms with Crippen LogP contribution in [0.3, 0.4) is 0 Å². The molecule has 0 aliphatic carbocycles. The summed E-state index contributed by atoms with van der Waals surface area (Å²) >= 11 is 0. The van der Waals surface area contributed by atoms with Crippen molar-refractivity contribution in [1.82, 2.24) is 4.98 Å². The number of rotatable bonds is 11. The lowest BCUT2D eigenvalue weighted by Gasteiger charge is -2.04. The van der Waals surface area contributed by atoms with Crippen LogP contribution in [0.1, 0.15) is 82.4 Å². The predicted molar refractivity (Wildman–Crippen MR) is 84.5 cm³/mol. The third-order valence-electron chi connectivity index (χ3n) is 3.88. The van der Waals surface area contributed by atoms with Crippen molar-refractivity contribution in [3.8, 4) is 0 Å². The quantitative estimate of drug-likeness (QED) is 0.455. The molecular formula is C18H31N. The van der Waals surface area contributed by atoms with Gasteiger partial charge in [-0.3, -0.25) is 4.98 Å². The standard InChI is InChI=1S/C18H31N/c1-3-4-5-6-7-8-9-10-11-12-15-18-17(2)14-13-16-19-18/h13-14,16H,3-12,15H2,1-2H3. The van der Waals surface area contributed by atoms with Gasteiger partial charge in [0.05, 0.1) is 0 Å². The molecule has 0 aliphatic heterocycles.